The number of benzene rings is 3. The summed E-state index contributed by atoms with van der Waals surface area (Å²) in [6.07, 6.45) is 4.69. The van der Waals surface area contributed by atoms with Crippen LogP contribution in [0.15, 0.2) is 53.4 Å². The Morgan fingerprint density at radius 3 is 1.98 bits per heavy atom. The molecule has 1 fully saturated rings. The third kappa shape index (κ3) is 5.70. The Labute approximate surface area is 262 Å². The predicted molar refractivity (Wildman–Crippen MR) is 170 cm³/mol. The molecule has 3 aromatic rings. The summed E-state index contributed by atoms with van der Waals surface area (Å²) in [5, 5.41) is 0. The molecule has 0 N–H and O–H groups in total. The number of hydrogen-bond acceptors (Lipinski definition) is 6. The fraction of sp³-hybridized carbons (Fsp3) is 0.486. The summed E-state index contributed by atoms with van der Waals surface area (Å²) in [6.45, 7) is 4.99. The highest BCUT2D eigenvalue weighted by Gasteiger charge is 2.42. The van der Waals surface area contributed by atoms with Gasteiger partial charge in [-0.05, 0) is 108 Å². The molecule has 44 heavy (non-hydrogen) atoms. The lowest BCUT2D eigenvalue weighted by molar-refractivity contribution is 0.0389. The summed E-state index contributed by atoms with van der Waals surface area (Å²) in [5.74, 6) is 3.51. The topological polar surface area (TPSA) is 60.5 Å². The molecule has 0 spiro atoms. The molecular weight excluding hydrogens is 579 g/mol. The maximum atomic E-state index is 14.1. The normalized spacial score (nSPS) is 24.0. The van der Waals surface area contributed by atoms with Gasteiger partial charge in [0.15, 0.2) is 23.0 Å². The second-order valence-corrected chi connectivity index (χ2v) is 13.5. The molecule has 0 aromatic heterocycles. The lowest BCUT2D eigenvalue weighted by Gasteiger charge is -2.49. The van der Waals surface area contributed by atoms with Crippen molar-refractivity contribution >= 4 is 11.0 Å². The van der Waals surface area contributed by atoms with Crippen LogP contribution >= 0.6 is 0 Å². The molecule has 0 amide bonds. The third-order valence-corrected chi connectivity index (χ3v) is 11.5. The molecule has 3 aromatic carbocycles. The third-order valence-electron chi connectivity index (χ3n) is 10.0. The van der Waals surface area contributed by atoms with Gasteiger partial charge in [-0.1, -0.05) is 13.3 Å². The van der Waals surface area contributed by atoms with Crippen molar-refractivity contribution in [3.8, 4) is 23.0 Å². The summed E-state index contributed by atoms with van der Waals surface area (Å²) in [5.41, 5.74) is 4.99. The molecule has 7 nitrogen and oxygen atoms in total. The summed E-state index contributed by atoms with van der Waals surface area (Å²) in [4.78, 5) is 3.26. The van der Waals surface area contributed by atoms with Crippen molar-refractivity contribution in [1.82, 2.24) is 9.21 Å². The van der Waals surface area contributed by atoms with E-state index < -0.39 is 11.0 Å². The van der Waals surface area contributed by atoms with Crippen LogP contribution in [0.25, 0.3) is 0 Å². The molecule has 3 aliphatic rings. The van der Waals surface area contributed by atoms with E-state index in [2.05, 4.69) is 40.4 Å². The molecule has 0 aliphatic carbocycles. The Hall–Kier alpha value is -3.14. The van der Waals surface area contributed by atoms with Crippen molar-refractivity contribution in [3.05, 3.63) is 76.6 Å². The maximum Gasteiger partial charge on any atom is 0.161 e. The van der Waals surface area contributed by atoms with Gasteiger partial charge in [0.25, 0.3) is 0 Å². The Kier molecular flexibility index (Phi) is 9.17. The van der Waals surface area contributed by atoms with Gasteiger partial charge in [-0.25, -0.2) is 12.9 Å². The molecule has 9 heteroatoms. The van der Waals surface area contributed by atoms with E-state index >= 15 is 0 Å². The fourth-order valence-electron chi connectivity index (χ4n) is 7.68. The molecule has 6 rings (SSSR count). The van der Waals surface area contributed by atoms with Crippen molar-refractivity contribution in [2.75, 3.05) is 48.1 Å². The first kappa shape index (κ1) is 30.9. The van der Waals surface area contributed by atoms with Crippen molar-refractivity contribution in [3.63, 3.8) is 0 Å². The van der Waals surface area contributed by atoms with Gasteiger partial charge in [-0.2, -0.15) is 0 Å². The number of rotatable bonds is 9. The minimum absolute atomic E-state index is 0.0940. The van der Waals surface area contributed by atoms with Crippen molar-refractivity contribution in [1.29, 1.82) is 0 Å². The number of hydrogen-bond donors (Lipinski definition) is 0. The molecule has 5 atom stereocenters. The van der Waals surface area contributed by atoms with Gasteiger partial charge in [-0.3, -0.25) is 4.90 Å². The van der Waals surface area contributed by atoms with E-state index in [1.54, 1.807) is 40.6 Å². The van der Waals surface area contributed by atoms with E-state index in [9.17, 15) is 8.60 Å². The van der Waals surface area contributed by atoms with Crippen LogP contribution in [-0.2, 0) is 23.8 Å². The molecule has 236 valence electrons. The Bertz CT molecular complexity index is 1520. The number of methoxy groups -OCH3 is 4. The van der Waals surface area contributed by atoms with Gasteiger partial charge in [0.05, 0.1) is 33.3 Å². The van der Waals surface area contributed by atoms with Crippen molar-refractivity contribution in [2.24, 2.45) is 11.8 Å². The summed E-state index contributed by atoms with van der Waals surface area (Å²) in [7, 11) is 5.25. The minimum atomic E-state index is -1.45. The number of halogens is 1. The SMILES string of the molecule is CCC1CN2CCc3cc(OC)c(OC)cc3C2CC1CC1c2cc(OC)c(OC)cc2CCN1S(=O)c1ccc(F)cc1. The summed E-state index contributed by atoms with van der Waals surface area (Å²) in [6, 6.07) is 14.7. The quantitative estimate of drug-likeness (QED) is 0.271. The van der Waals surface area contributed by atoms with Crippen LogP contribution in [0.1, 0.15) is 60.5 Å². The second-order valence-electron chi connectivity index (χ2n) is 12.1. The summed E-state index contributed by atoms with van der Waals surface area (Å²) < 4.78 is 52.8. The molecule has 0 radical (unpaired) electrons. The number of piperidine rings is 1. The van der Waals surface area contributed by atoms with E-state index in [0.717, 1.165) is 62.3 Å². The zero-order valence-corrected chi connectivity index (χ0v) is 27.1. The van der Waals surface area contributed by atoms with E-state index in [1.807, 2.05) is 0 Å². The van der Waals surface area contributed by atoms with Gasteiger partial charge >= 0.3 is 0 Å². The van der Waals surface area contributed by atoms with Crippen LogP contribution in [0.3, 0.4) is 0 Å². The zero-order chi connectivity index (χ0) is 31.0. The van der Waals surface area contributed by atoms with Gasteiger partial charge in [0, 0.05) is 31.7 Å². The number of fused-ring (bicyclic) bond motifs is 4. The van der Waals surface area contributed by atoms with Crippen LogP contribution in [0.4, 0.5) is 4.39 Å². The Balaban J connectivity index is 1.38. The molecule has 0 saturated carbocycles. The van der Waals surface area contributed by atoms with Gasteiger partial charge in [0.2, 0.25) is 0 Å². The highest BCUT2D eigenvalue weighted by Crippen LogP contribution is 2.49. The minimum Gasteiger partial charge on any atom is -0.493 e. The first-order valence-electron chi connectivity index (χ1n) is 15.6. The smallest absolute Gasteiger partial charge is 0.161 e. The number of ether oxygens (including phenoxy) is 4. The van der Waals surface area contributed by atoms with Crippen LogP contribution in [0.5, 0.6) is 23.0 Å². The zero-order valence-electron chi connectivity index (χ0n) is 26.3. The first-order chi connectivity index (χ1) is 21.4. The monoisotopic (exact) mass is 622 g/mol. The fourth-order valence-corrected chi connectivity index (χ4v) is 9.00. The molecule has 0 bridgehead atoms. The average molecular weight is 623 g/mol. The van der Waals surface area contributed by atoms with Crippen molar-refractivity contribution < 1.29 is 27.5 Å². The summed E-state index contributed by atoms with van der Waals surface area (Å²) >= 11 is 0. The predicted octanol–water partition coefficient (Wildman–Crippen LogP) is 6.52. The molecular formula is C35H43FN2O5S. The van der Waals surface area contributed by atoms with Crippen molar-refractivity contribution in [2.45, 2.75) is 56.0 Å². The van der Waals surface area contributed by atoms with E-state index in [0.29, 0.717) is 34.8 Å². The van der Waals surface area contributed by atoms with E-state index in [-0.39, 0.29) is 17.9 Å². The van der Waals surface area contributed by atoms with Crippen LogP contribution in [0.2, 0.25) is 0 Å². The Morgan fingerprint density at radius 2 is 1.36 bits per heavy atom. The standard InChI is InChI=1S/C35H43FN2O5S/c1-6-22-21-37-13-11-23-17-32(40-2)34(42-4)19-28(23)30(37)15-25(22)16-31-29-20-35(43-5)33(41-3)18-24(29)12-14-38(31)44(39)27-9-7-26(36)8-10-27/h7-10,17-20,22,25,30-31H,6,11-16,21H2,1-5H3. The highest BCUT2D eigenvalue weighted by atomic mass is 32.2. The van der Waals surface area contributed by atoms with Gasteiger partial charge in [-0.15, -0.1) is 0 Å². The van der Waals surface area contributed by atoms with Crippen LogP contribution in [-0.4, -0.2) is 61.5 Å². The molecule has 3 aliphatic heterocycles. The molecule has 1 saturated heterocycles. The van der Waals surface area contributed by atoms with E-state index in [1.165, 1.54) is 28.8 Å². The second kappa shape index (κ2) is 13.1. The Morgan fingerprint density at radius 1 is 0.795 bits per heavy atom. The maximum absolute atomic E-state index is 14.1. The van der Waals surface area contributed by atoms with Crippen LogP contribution < -0.4 is 18.9 Å². The lowest BCUT2D eigenvalue weighted by atomic mass is 9.72. The highest BCUT2D eigenvalue weighted by molar-refractivity contribution is 7.82. The van der Waals surface area contributed by atoms with Gasteiger partial charge in [0.1, 0.15) is 16.8 Å². The lowest BCUT2D eigenvalue weighted by Crippen LogP contribution is -2.47. The first-order valence-corrected chi connectivity index (χ1v) is 16.7. The largest absolute Gasteiger partial charge is 0.493 e. The molecule has 5 unspecified atom stereocenters. The van der Waals surface area contributed by atoms with Crippen LogP contribution in [0, 0.1) is 17.7 Å². The van der Waals surface area contributed by atoms with E-state index in [4.69, 9.17) is 18.9 Å². The molecule has 3 heterocycles. The number of nitrogens with zero attached hydrogens (tertiary/aromatic N) is 2. The van der Waals surface area contributed by atoms with Gasteiger partial charge < -0.3 is 18.9 Å². The average Bonchev–Trinajstić information content (AvgIpc) is 3.06.